The van der Waals surface area contributed by atoms with Gasteiger partial charge in [-0.2, -0.15) is 0 Å². The Morgan fingerprint density at radius 2 is 2.09 bits per heavy atom. The number of carboxylic acid groups (broad SMARTS) is 1. The first-order valence-electron chi connectivity index (χ1n) is 7.02. The number of carboxylic acids is 1. The number of aromatic carboxylic acids is 1. The third-order valence-electron chi connectivity index (χ3n) is 3.99. The van der Waals surface area contributed by atoms with E-state index in [0.29, 0.717) is 5.52 Å². The van der Waals surface area contributed by atoms with Crippen LogP contribution in [0.2, 0.25) is 0 Å². The number of alkyl halides is 1. The largest absolute Gasteiger partial charge is 0.478 e. The molecule has 0 spiro atoms. The molecule has 2 unspecified atom stereocenters. The van der Waals surface area contributed by atoms with Crippen LogP contribution >= 0.6 is 22.6 Å². The summed E-state index contributed by atoms with van der Waals surface area (Å²) < 4.78 is -0.0497. The molecule has 1 aliphatic heterocycles. The van der Waals surface area contributed by atoms with E-state index < -0.39 is 11.5 Å². The van der Waals surface area contributed by atoms with Crippen molar-refractivity contribution in [1.29, 1.82) is 0 Å². The number of para-hydroxylation sites is 1. The summed E-state index contributed by atoms with van der Waals surface area (Å²) in [6.07, 6.45) is 0. The van der Waals surface area contributed by atoms with E-state index in [4.69, 9.17) is 0 Å². The summed E-state index contributed by atoms with van der Waals surface area (Å²) in [5.41, 5.74) is -0.0714. The fraction of sp³-hybridized carbons (Fsp3) is 0.250. The predicted molar refractivity (Wildman–Crippen MR) is 95.3 cm³/mol. The number of hydrogen-bond donors (Lipinski definition) is 2. The van der Waals surface area contributed by atoms with Crippen LogP contribution in [0.25, 0.3) is 10.9 Å². The minimum Gasteiger partial charge on any atom is -0.478 e. The standard InChI is InChI=1S/C16H14IN3O3/c1-8(17)16(2)15(23)19-13(20-16)12-10(14(21)22)7-9-5-3-4-6-11(9)18-12/h3-8H,1-2H3,(H,21,22)(H,19,20,23). The summed E-state index contributed by atoms with van der Waals surface area (Å²) in [5, 5.41) is 12.9. The second-order valence-corrected chi connectivity index (χ2v) is 7.43. The lowest BCUT2D eigenvalue weighted by molar-refractivity contribution is -0.122. The number of amidine groups is 1. The van der Waals surface area contributed by atoms with Gasteiger partial charge in [0.25, 0.3) is 5.91 Å². The third kappa shape index (κ3) is 2.58. The zero-order chi connectivity index (χ0) is 16.8. The molecule has 6 nitrogen and oxygen atoms in total. The highest BCUT2D eigenvalue weighted by Crippen LogP contribution is 2.28. The molecule has 2 N–H and O–H groups in total. The fourth-order valence-electron chi connectivity index (χ4n) is 2.39. The Morgan fingerprint density at radius 3 is 2.70 bits per heavy atom. The Kier molecular flexibility index (Phi) is 3.83. The first-order chi connectivity index (χ1) is 10.8. The molecule has 0 aliphatic carbocycles. The van der Waals surface area contributed by atoms with Crippen molar-refractivity contribution >= 4 is 51.2 Å². The number of fused-ring (bicyclic) bond motifs is 1. The third-order valence-corrected chi connectivity index (χ3v) is 5.20. The molecule has 3 rings (SSSR count). The van der Waals surface area contributed by atoms with Gasteiger partial charge in [-0.05, 0) is 19.1 Å². The van der Waals surface area contributed by atoms with Crippen LogP contribution < -0.4 is 5.32 Å². The summed E-state index contributed by atoms with van der Waals surface area (Å²) >= 11 is 2.14. The van der Waals surface area contributed by atoms with Gasteiger partial charge in [0.2, 0.25) is 0 Å². The minimum atomic E-state index is -1.11. The molecule has 23 heavy (non-hydrogen) atoms. The second-order valence-electron chi connectivity index (χ2n) is 5.56. The topological polar surface area (TPSA) is 91.7 Å². The van der Waals surface area contributed by atoms with Crippen molar-refractivity contribution in [2.24, 2.45) is 4.99 Å². The van der Waals surface area contributed by atoms with E-state index in [1.165, 1.54) is 0 Å². The van der Waals surface area contributed by atoms with Crippen molar-refractivity contribution in [3.05, 3.63) is 41.6 Å². The number of carbonyl (C=O) groups is 2. The predicted octanol–water partition coefficient (Wildman–Crippen LogP) is 2.39. The number of rotatable bonds is 3. The number of halogens is 1. The number of nitrogens with zero attached hydrogens (tertiary/aromatic N) is 2. The molecule has 1 amide bonds. The van der Waals surface area contributed by atoms with Gasteiger partial charge in [-0.25, -0.2) is 14.8 Å². The fourth-order valence-corrected chi connectivity index (χ4v) is 2.81. The molecule has 0 saturated heterocycles. The highest BCUT2D eigenvalue weighted by Gasteiger charge is 2.44. The monoisotopic (exact) mass is 423 g/mol. The molecule has 0 saturated carbocycles. The molecule has 7 heteroatoms. The normalized spacial score (nSPS) is 21.9. The van der Waals surface area contributed by atoms with Crippen molar-refractivity contribution in [3.8, 4) is 0 Å². The number of aromatic nitrogens is 1. The molecule has 2 atom stereocenters. The maximum absolute atomic E-state index is 12.3. The van der Waals surface area contributed by atoms with Crippen molar-refractivity contribution in [3.63, 3.8) is 0 Å². The van der Waals surface area contributed by atoms with E-state index in [-0.39, 0.29) is 26.9 Å². The number of amides is 1. The van der Waals surface area contributed by atoms with Crippen LogP contribution in [0.4, 0.5) is 0 Å². The molecule has 1 aromatic heterocycles. The summed E-state index contributed by atoms with van der Waals surface area (Å²) in [6, 6.07) is 8.79. The molecule has 2 heterocycles. The van der Waals surface area contributed by atoms with E-state index in [9.17, 15) is 14.7 Å². The maximum Gasteiger partial charge on any atom is 0.338 e. The smallest absolute Gasteiger partial charge is 0.338 e. The zero-order valence-electron chi connectivity index (χ0n) is 12.5. The Labute approximate surface area is 146 Å². The van der Waals surface area contributed by atoms with Crippen LogP contribution in [0.15, 0.2) is 35.3 Å². The number of nitrogens with one attached hydrogen (secondary N) is 1. The summed E-state index contributed by atoms with van der Waals surface area (Å²) in [5.74, 6) is -1.14. The van der Waals surface area contributed by atoms with Gasteiger partial charge in [-0.1, -0.05) is 47.7 Å². The average Bonchev–Trinajstić information content (AvgIpc) is 2.82. The summed E-state index contributed by atoms with van der Waals surface area (Å²) in [4.78, 5) is 32.7. The van der Waals surface area contributed by atoms with Gasteiger partial charge in [0.15, 0.2) is 11.4 Å². The Balaban J connectivity index is 2.22. The maximum atomic E-state index is 12.3. The van der Waals surface area contributed by atoms with Gasteiger partial charge < -0.3 is 10.4 Å². The Bertz CT molecular complexity index is 863. The van der Waals surface area contributed by atoms with Crippen LogP contribution in [0.3, 0.4) is 0 Å². The van der Waals surface area contributed by atoms with Crippen molar-refractivity contribution < 1.29 is 14.7 Å². The van der Waals surface area contributed by atoms with E-state index >= 15 is 0 Å². The quantitative estimate of drug-likeness (QED) is 0.586. The molecular formula is C16H14IN3O3. The minimum absolute atomic E-state index is 0.0214. The first-order valence-corrected chi connectivity index (χ1v) is 8.26. The van der Waals surface area contributed by atoms with E-state index in [1.807, 2.05) is 19.1 Å². The van der Waals surface area contributed by atoms with Gasteiger partial charge in [0, 0.05) is 9.31 Å². The van der Waals surface area contributed by atoms with Crippen LogP contribution in [0, 0.1) is 0 Å². The number of pyridine rings is 1. The summed E-state index contributed by atoms with van der Waals surface area (Å²) in [7, 11) is 0. The van der Waals surface area contributed by atoms with Crippen molar-refractivity contribution in [1.82, 2.24) is 10.3 Å². The highest BCUT2D eigenvalue weighted by atomic mass is 127. The average molecular weight is 423 g/mol. The van der Waals surface area contributed by atoms with E-state index in [1.54, 1.807) is 25.1 Å². The lowest BCUT2D eigenvalue weighted by Crippen LogP contribution is -2.42. The van der Waals surface area contributed by atoms with Crippen LogP contribution in [0.1, 0.15) is 29.9 Å². The molecule has 0 fully saturated rings. The van der Waals surface area contributed by atoms with Crippen LogP contribution in [-0.2, 0) is 4.79 Å². The number of benzene rings is 1. The molecule has 0 radical (unpaired) electrons. The molecule has 1 aromatic carbocycles. The number of aliphatic imine (C=N–C) groups is 1. The van der Waals surface area contributed by atoms with Crippen LogP contribution in [0.5, 0.6) is 0 Å². The van der Waals surface area contributed by atoms with Crippen molar-refractivity contribution in [2.45, 2.75) is 23.3 Å². The zero-order valence-corrected chi connectivity index (χ0v) is 14.7. The van der Waals surface area contributed by atoms with E-state index in [0.717, 1.165) is 5.39 Å². The Morgan fingerprint density at radius 1 is 1.39 bits per heavy atom. The molecule has 1 aliphatic rings. The molecular weight excluding hydrogens is 409 g/mol. The summed E-state index contributed by atoms with van der Waals surface area (Å²) in [6.45, 7) is 3.62. The van der Waals surface area contributed by atoms with E-state index in [2.05, 4.69) is 37.9 Å². The Hall–Kier alpha value is -2.03. The number of carbonyl (C=O) groups excluding carboxylic acids is 1. The SMILES string of the molecule is CC(I)C1(C)N=C(c2nc3ccccc3cc2C(=O)O)NC1=O. The van der Waals surface area contributed by atoms with Crippen molar-refractivity contribution in [2.75, 3.05) is 0 Å². The number of hydrogen-bond acceptors (Lipinski definition) is 4. The van der Waals surface area contributed by atoms with Crippen LogP contribution in [-0.4, -0.2) is 37.3 Å². The van der Waals surface area contributed by atoms with Gasteiger partial charge in [0.05, 0.1) is 11.1 Å². The molecule has 118 valence electrons. The van der Waals surface area contributed by atoms with Gasteiger partial charge in [-0.15, -0.1) is 0 Å². The molecule has 0 bridgehead atoms. The highest BCUT2D eigenvalue weighted by molar-refractivity contribution is 14.1. The molecule has 2 aromatic rings. The van der Waals surface area contributed by atoms with Gasteiger partial charge in [-0.3, -0.25) is 4.79 Å². The first kappa shape index (κ1) is 15.9. The second kappa shape index (κ2) is 5.55. The van der Waals surface area contributed by atoms with Gasteiger partial charge >= 0.3 is 5.97 Å². The van der Waals surface area contributed by atoms with Gasteiger partial charge in [0.1, 0.15) is 5.69 Å². The lowest BCUT2D eigenvalue weighted by Gasteiger charge is -2.20. The lowest BCUT2D eigenvalue weighted by atomic mass is 10.0.